The van der Waals surface area contributed by atoms with E-state index in [2.05, 4.69) is 31.2 Å². The second-order valence-corrected chi connectivity index (χ2v) is 4.55. The van der Waals surface area contributed by atoms with Crippen molar-refractivity contribution in [3.63, 3.8) is 0 Å². The number of rotatable bonds is 2. The van der Waals surface area contributed by atoms with Gasteiger partial charge in [0.2, 0.25) is 0 Å². The molecule has 2 atom stereocenters. The first-order valence-corrected chi connectivity index (χ1v) is 6.08. The fourth-order valence-corrected chi connectivity index (χ4v) is 2.50. The molecule has 1 nitrogen and oxygen atoms in total. The predicted octanol–water partition coefficient (Wildman–Crippen LogP) is 3.27. The lowest BCUT2D eigenvalue weighted by molar-refractivity contribution is 0.106. The number of aryl methyl sites for hydroxylation is 1. The Balaban J connectivity index is 2.13. The van der Waals surface area contributed by atoms with Crippen molar-refractivity contribution in [3.05, 3.63) is 35.4 Å². The third-order valence-electron chi connectivity index (χ3n) is 3.55. The SMILES string of the molecule is CCc1ccc([C@H]2CCCC[C@@H]2O)cc1. The van der Waals surface area contributed by atoms with Gasteiger partial charge in [-0.15, -0.1) is 0 Å². The molecular formula is C14H20O. The van der Waals surface area contributed by atoms with Crippen LogP contribution in [-0.4, -0.2) is 11.2 Å². The predicted molar refractivity (Wildman–Crippen MR) is 63.0 cm³/mol. The fraction of sp³-hybridized carbons (Fsp3) is 0.571. The quantitative estimate of drug-likeness (QED) is 0.784. The Kier molecular flexibility index (Phi) is 3.42. The molecule has 1 heteroatoms. The van der Waals surface area contributed by atoms with Gasteiger partial charge in [0.15, 0.2) is 0 Å². The van der Waals surface area contributed by atoms with Gasteiger partial charge in [-0.05, 0) is 30.4 Å². The Morgan fingerprint density at radius 3 is 2.40 bits per heavy atom. The van der Waals surface area contributed by atoms with E-state index in [1.165, 1.54) is 24.0 Å². The lowest BCUT2D eigenvalue weighted by Crippen LogP contribution is -2.22. The summed E-state index contributed by atoms with van der Waals surface area (Å²) in [5.41, 5.74) is 2.70. The zero-order valence-electron chi connectivity index (χ0n) is 9.45. The normalized spacial score (nSPS) is 26.5. The Labute approximate surface area is 92.1 Å². The van der Waals surface area contributed by atoms with E-state index in [-0.39, 0.29) is 6.10 Å². The summed E-state index contributed by atoms with van der Waals surface area (Å²) in [4.78, 5) is 0. The number of hydrogen-bond acceptors (Lipinski definition) is 1. The molecule has 0 spiro atoms. The Morgan fingerprint density at radius 2 is 1.80 bits per heavy atom. The van der Waals surface area contributed by atoms with Crippen molar-refractivity contribution in [2.75, 3.05) is 0 Å². The molecule has 0 unspecified atom stereocenters. The maximum atomic E-state index is 9.95. The summed E-state index contributed by atoms with van der Waals surface area (Å²) in [6.07, 6.45) is 5.54. The van der Waals surface area contributed by atoms with Gasteiger partial charge in [-0.2, -0.15) is 0 Å². The maximum Gasteiger partial charge on any atom is 0.0608 e. The van der Waals surface area contributed by atoms with Crippen LogP contribution in [0.1, 0.15) is 49.7 Å². The van der Waals surface area contributed by atoms with Gasteiger partial charge in [0.25, 0.3) is 0 Å². The summed E-state index contributed by atoms with van der Waals surface area (Å²) in [6.45, 7) is 2.17. The Bertz CT molecular complexity index is 302. The summed E-state index contributed by atoms with van der Waals surface area (Å²) in [6, 6.07) is 8.77. The van der Waals surface area contributed by atoms with Gasteiger partial charge in [0.1, 0.15) is 0 Å². The van der Waals surface area contributed by atoms with Crippen LogP contribution in [0.5, 0.6) is 0 Å². The number of hydrogen-bond donors (Lipinski definition) is 1. The molecule has 2 rings (SSSR count). The molecular weight excluding hydrogens is 184 g/mol. The van der Waals surface area contributed by atoms with Gasteiger partial charge in [-0.1, -0.05) is 44.0 Å². The molecule has 82 valence electrons. The van der Waals surface area contributed by atoms with Crippen LogP contribution in [0.3, 0.4) is 0 Å². The molecule has 0 aliphatic heterocycles. The fourth-order valence-electron chi connectivity index (χ4n) is 2.50. The van der Waals surface area contributed by atoms with Crippen LogP contribution in [0.4, 0.5) is 0 Å². The van der Waals surface area contributed by atoms with Crippen molar-refractivity contribution >= 4 is 0 Å². The Morgan fingerprint density at radius 1 is 1.13 bits per heavy atom. The van der Waals surface area contributed by atoms with E-state index in [4.69, 9.17) is 0 Å². The molecule has 1 N–H and O–H groups in total. The first kappa shape index (κ1) is 10.7. The van der Waals surface area contributed by atoms with Crippen LogP contribution in [-0.2, 0) is 6.42 Å². The van der Waals surface area contributed by atoms with Crippen molar-refractivity contribution in [1.82, 2.24) is 0 Å². The highest BCUT2D eigenvalue weighted by Crippen LogP contribution is 2.32. The van der Waals surface area contributed by atoms with Crippen LogP contribution in [0.25, 0.3) is 0 Å². The van der Waals surface area contributed by atoms with E-state index >= 15 is 0 Å². The van der Waals surface area contributed by atoms with E-state index in [0.717, 1.165) is 19.3 Å². The van der Waals surface area contributed by atoms with E-state index in [1.54, 1.807) is 0 Å². The van der Waals surface area contributed by atoms with Crippen LogP contribution in [0, 0.1) is 0 Å². The summed E-state index contributed by atoms with van der Waals surface area (Å²) >= 11 is 0. The van der Waals surface area contributed by atoms with Crippen molar-refractivity contribution in [3.8, 4) is 0 Å². The molecule has 0 amide bonds. The summed E-state index contributed by atoms with van der Waals surface area (Å²) in [7, 11) is 0. The second kappa shape index (κ2) is 4.80. The lowest BCUT2D eigenvalue weighted by atomic mass is 9.81. The smallest absolute Gasteiger partial charge is 0.0608 e. The van der Waals surface area contributed by atoms with Crippen LogP contribution in [0.2, 0.25) is 0 Å². The summed E-state index contributed by atoms with van der Waals surface area (Å²) in [5, 5.41) is 9.95. The van der Waals surface area contributed by atoms with Crippen molar-refractivity contribution < 1.29 is 5.11 Å². The highest BCUT2D eigenvalue weighted by Gasteiger charge is 2.24. The van der Waals surface area contributed by atoms with Gasteiger partial charge >= 0.3 is 0 Å². The maximum absolute atomic E-state index is 9.95. The van der Waals surface area contributed by atoms with E-state index in [9.17, 15) is 5.11 Å². The van der Waals surface area contributed by atoms with Gasteiger partial charge in [0.05, 0.1) is 6.10 Å². The minimum atomic E-state index is -0.119. The summed E-state index contributed by atoms with van der Waals surface area (Å²) in [5.74, 6) is 0.379. The molecule has 15 heavy (non-hydrogen) atoms. The van der Waals surface area contributed by atoms with Crippen LogP contribution in [0.15, 0.2) is 24.3 Å². The molecule has 1 saturated carbocycles. The van der Waals surface area contributed by atoms with Crippen LogP contribution >= 0.6 is 0 Å². The number of aliphatic hydroxyl groups is 1. The van der Waals surface area contributed by atoms with E-state index < -0.39 is 0 Å². The van der Waals surface area contributed by atoms with Gasteiger partial charge in [-0.3, -0.25) is 0 Å². The summed E-state index contributed by atoms with van der Waals surface area (Å²) < 4.78 is 0. The first-order valence-electron chi connectivity index (χ1n) is 6.08. The van der Waals surface area contributed by atoms with E-state index in [0.29, 0.717) is 5.92 Å². The molecule has 1 aromatic carbocycles. The van der Waals surface area contributed by atoms with E-state index in [1.807, 2.05) is 0 Å². The molecule has 1 aromatic rings. The monoisotopic (exact) mass is 204 g/mol. The minimum Gasteiger partial charge on any atom is -0.392 e. The van der Waals surface area contributed by atoms with Gasteiger partial charge in [0, 0.05) is 5.92 Å². The highest BCUT2D eigenvalue weighted by atomic mass is 16.3. The number of benzene rings is 1. The molecule has 0 bridgehead atoms. The average Bonchev–Trinajstić information content (AvgIpc) is 2.30. The lowest BCUT2D eigenvalue weighted by Gasteiger charge is -2.28. The zero-order valence-corrected chi connectivity index (χ0v) is 9.45. The third kappa shape index (κ3) is 2.40. The first-order chi connectivity index (χ1) is 7.31. The van der Waals surface area contributed by atoms with Crippen molar-refractivity contribution in [1.29, 1.82) is 0 Å². The van der Waals surface area contributed by atoms with Crippen molar-refractivity contribution in [2.24, 2.45) is 0 Å². The van der Waals surface area contributed by atoms with Crippen LogP contribution < -0.4 is 0 Å². The third-order valence-corrected chi connectivity index (χ3v) is 3.55. The molecule has 0 aromatic heterocycles. The standard InChI is InChI=1S/C14H20O/c1-2-11-7-9-12(10-8-11)13-5-3-4-6-14(13)15/h7-10,13-15H,2-6H2,1H3/t13-,14+/m1/s1. The Hall–Kier alpha value is -0.820. The minimum absolute atomic E-state index is 0.119. The van der Waals surface area contributed by atoms with Crippen molar-refractivity contribution in [2.45, 2.75) is 51.0 Å². The molecule has 1 fully saturated rings. The largest absolute Gasteiger partial charge is 0.392 e. The topological polar surface area (TPSA) is 20.2 Å². The zero-order chi connectivity index (χ0) is 10.7. The molecule has 1 aliphatic rings. The van der Waals surface area contributed by atoms with Gasteiger partial charge in [-0.25, -0.2) is 0 Å². The molecule has 0 radical (unpaired) electrons. The molecule has 1 aliphatic carbocycles. The molecule has 0 heterocycles. The highest BCUT2D eigenvalue weighted by molar-refractivity contribution is 5.26. The molecule has 0 saturated heterocycles. The number of aliphatic hydroxyl groups excluding tert-OH is 1. The van der Waals surface area contributed by atoms with Gasteiger partial charge < -0.3 is 5.11 Å². The average molecular weight is 204 g/mol. The second-order valence-electron chi connectivity index (χ2n) is 4.55.